The second-order valence-corrected chi connectivity index (χ2v) is 3.73. The Balaban J connectivity index is 2.73. The minimum atomic E-state index is -0.176. The van der Waals surface area contributed by atoms with E-state index in [2.05, 4.69) is 6.58 Å². The lowest BCUT2D eigenvalue weighted by Gasteiger charge is -2.01. The first kappa shape index (κ1) is 13.8. The van der Waals surface area contributed by atoms with Gasteiger partial charge in [-0.3, -0.25) is 9.59 Å². The Hall–Kier alpha value is -2.22. The van der Waals surface area contributed by atoms with Crippen LogP contribution in [0.15, 0.2) is 66.8 Å². The number of carbonyl (C=O) groups is 2. The number of allylic oxidation sites excluding steroid dienone is 5. The van der Waals surface area contributed by atoms with Gasteiger partial charge in [-0.2, -0.15) is 0 Å². The average Bonchev–Trinajstić information content (AvgIpc) is 2.40. The molecule has 0 spiro atoms. The van der Waals surface area contributed by atoms with Crippen molar-refractivity contribution >= 4 is 11.6 Å². The first-order valence-electron chi connectivity index (χ1n) is 5.76. The zero-order valence-electron chi connectivity index (χ0n) is 10.4. The van der Waals surface area contributed by atoms with E-state index in [4.69, 9.17) is 0 Å². The summed E-state index contributed by atoms with van der Waals surface area (Å²) in [6.45, 7) is 5.31. The standard InChI is InChI=1S/C16H16O2/c1-3-5-9-13(4-2)15(17)12-16(18)14-10-7-6-8-11-14/h3-11H,1,12H2,2H3/b9-5-,13-4+. The molecule has 0 aliphatic rings. The Labute approximate surface area is 107 Å². The summed E-state index contributed by atoms with van der Waals surface area (Å²) >= 11 is 0. The van der Waals surface area contributed by atoms with E-state index in [1.165, 1.54) is 0 Å². The van der Waals surface area contributed by atoms with Crippen molar-refractivity contribution in [2.75, 3.05) is 0 Å². The normalized spacial score (nSPS) is 11.5. The maximum Gasteiger partial charge on any atom is 0.170 e. The van der Waals surface area contributed by atoms with E-state index in [9.17, 15) is 9.59 Å². The number of rotatable bonds is 6. The number of hydrogen-bond acceptors (Lipinski definition) is 2. The summed E-state index contributed by atoms with van der Waals surface area (Å²) in [4.78, 5) is 23.7. The molecule has 0 aliphatic carbocycles. The largest absolute Gasteiger partial charge is 0.294 e. The molecule has 2 heteroatoms. The SMILES string of the molecule is C=C/C=C\C(=C/C)C(=O)CC(=O)c1ccccc1. The van der Waals surface area contributed by atoms with E-state index in [0.29, 0.717) is 11.1 Å². The van der Waals surface area contributed by atoms with Crippen LogP contribution in [0.25, 0.3) is 0 Å². The van der Waals surface area contributed by atoms with Gasteiger partial charge in [0.25, 0.3) is 0 Å². The van der Waals surface area contributed by atoms with Crippen molar-refractivity contribution in [2.45, 2.75) is 13.3 Å². The van der Waals surface area contributed by atoms with Gasteiger partial charge in [-0.25, -0.2) is 0 Å². The molecule has 0 bridgehead atoms. The van der Waals surface area contributed by atoms with Crippen molar-refractivity contribution in [3.63, 3.8) is 0 Å². The third-order valence-electron chi connectivity index (χ3n) is 2.46. The molecule has 1 aromatic carbocycles. The van der Waals surface area contributed by atoms with Crippen molar-refractivity contribution in [1.29, 1.82) is 0 Å². The van der Waals surface area contributed by atoms with Crippen molar-refractivity contribution in [2.24, 2.45) is 0 Å². The number of carbonyl (C=O) groups excluding carboxylic acids is 2. The van der Waals surface area contributed by atoms with E-state index < -0.39 is 0 Å². The highest BCUT2D eigenvalue weighted by molar-refractivity contribution is 6.14. The summed E-state index contributed by atoms with van der Waals surface area (Å²) in [5.74, 6) is -0.337. The number of benzene rings is 1. The van der Waals surface area contributed by atoms with Crippen molar-refractivity contribution in [1.82, 2.24) is 0 Å². The minimum absolute atomic E-state index is 0.106. The van der Waals surface area contributed by atoms with Gasteiger partial charge in [0.05, 0.1) is 6.42 Å². The summed E-state index contributed by atoms with van der Waals surface area (Å²) in [6.07, 6.45) is 6.52. The van der Waals surface area contributed by atoms with Crippen LogP contribution in [0.4, 0.5) is 0 Å². The smallest absolute Gasteiger partial charge is 0.170 e. The molecule has 0 unspecified atom stereocenters. The second-order valence-electron chi connectivity index (χ2n) is 3.73. The number of ketones is 2. The van der Waals surface area contributed by atoms with E-state index in [0.717, 1.165) is 0 Å². The van der Waals surface area contributed by atoms with Crippen LogP contribution in [-0.2, 0) is 4.79 Å². The molecule has 0 aliphatic heterocycles. The molecule has 0 amide bonds. The second kappa shape index (κ2) is 7.17. The van der Waals surface area contributed by atoms with Gasteiger partial charge >= 0.3 is 0 Å². The molecule has 0 heterocycles. The fourth-order valence-corrected chi connectivity index (χ4v) is 1.50. The van der Waals surface area contributed by atoms with E-state index in [1.54, 1.807) is 55.5 Å². The van der Waals surface area contributed by atoms with Gasteiger partial charge in [-0.1, -0.05) is 61.2 Å². The zero-order chi connectivity index (χ0) is 13.4. The van der Waals surface area contributed by atoms with Gasteiger partial charge in [0, 0.05) is 11.1 Å². The highest BCUT2D eigenvalue weighted by Crippen LogP contribution is 2.08. The first-order valence-corrected chi connectivity index (χ1v) is 5.76. The molecule has 0 saturated heterocycles. The Morgan fingerprint density at radius 3 is 2.44 bits per heavy atom. The summed E-state index contributed by atoms with van der Waals surface area (Å²) in [5.41, 5.74) is 1.09. The van der Waals surface area contributed by atoms with Gasteiger partial charge in [-0.05, 0) is 6.92 Å². The molecule has 18 heavy (non-hydrogen) atoms. The molecule has 0 fully saturated rings. The first-order chi connectivity index (χ1) is 8.69. The Kier molecular flexibility index (Phi) is 5.52. The third kappa shape index (κ3) is 3.98. The van der Waals surface area contributed by atoms with E-state index in [1.807, 2.05) is 6.07 Å². The zero-order valence-corrected chi connectivity index (χ0v) is 10.4. The fraction of sp³-hybridized carbons (Fsp3) is 0.125. The molecule has 0 aromatic heterocycles. The van der Waals surface area contributed by atoms with Crippen LogP contribution in [0.3, 0.4) is 0 Å². The lowest BCUT2D eigenvalue weighted by molar-refractivity contribution is -0.114. The molecule has 92 valence electrons. The predicted molar refractivity (Wildman–Crippen MR) is 73.5 cm³/mol. The Bertz CT molecular complexity index is 493. The van der Waals surface area contributed by atoms with E-state index >= 15 is 0 Å². The summed E-state index contributed by atoms with van der Waals surface area (Å²) in [5, 5.41) is 0. The molecule has 0 saturated carbocycles. The highest BCUT2D eigenvalue weighted by Gasteiger charge is 2.13. The van der Waals surface area contributed by atoms with Gasteiger partial charge in [0.2, 0.25) is 0 Å². The lowest BCUT2D eigenvalue weighted by Crippen LogP contribution is -2.09. The molecule has 1 rings (SSSR count). The topological polar surface area (TPSA) is 34.1 Å². The number of hydrogen-bond donors (Lipinski definition) is 0. The van der Waals surface area contributed by atoms with Gasteiger partial charge in [-0.15, -0.1) is 0 Å². The molecule has 2 nitrogen and oxygen atoms in total. The molecule has 0 atom stereocenters. The Morgan fingerprint density at radius 2 is 1.89 bits per heavy atom. The van der Waals surface area contributed by atoms with Crippen LogP contribution in [0.2, 0.25) is 0 Å². The van der Waals surface area contributed by atoms with Crippen LogP contribution in [0.1, 0.15) is 23.7 Å². The number of Topliss-reactive ketones (excluding diaryl/α,β-unsaturated/α-hetero) is 2. The molecule has 0 N–H and O–H groups in total. The highest BCUT2D eigenvalue weighted by atomic mass is 16.1. The van der Waals surface area contributed by atoms with Gasteiger partial charge < -0.3 is 0 Å². The summed E-state index contributed by atoms with van der Waals surface area (Å²) in [7, 11) is 0. The molecular weight excluding hydrogens is 224 g/mol. The van der Waals surface area contributed by atoms with Crippen LogP contribution in [0, 0.1) is 0 Å². The van der Waals surface area contributed by atoms with E-state index in [-0.39, 0.29) is 18.0 Å². The van der Waals surface area contributed by atoms with Gasteiger partial charge in [0.15, 0.2) is 11.6 Å². The summed E-state index contributed by atoms with van der Waals surface area (Å²) < 4.78 is 0. The predicted octanol–water partition coefficient (Wildman–Crippen LogP) is 3.52. The van der Waals surface area contributed by atoms with Crippen LogP contribution >= 0.6 is 0 Å². The van der Waals surface area contributed by atoms with Crippen LogP contribution < -0.4 is 0 Å². The minimum Gasteiger partial charge on any atom is -0.294 e. The maximum absolute atomic E-state index is 11.9. The molecule has 1 aromatic rings. The van der Waals surface area contributed by atoms with Crippen molar-refractivity contribution < 1.29 is 9.59 Å². The monoisotopic (exact) mass is 240 g/mol. The lowest BCUT2D eigenvalue weighted by atomic mass is 10.0. The van der Waals surface area contributed by atoms with Crippen molar-refractivity contribution in [3.8, 4) is 0 Å². The maximum atomic E-state index is 11.9. The average molecular weight is 240 g/mol. The van der Waals surface area contributed by atoms with Crippen LogP contribution in [-0.4, -0.2) is 11.6 Å². The van der Waals surface area contributed by atoms with Crippen molar-refractivity contribution in [3.05, 3.63) is 72.4 Å². The fourth-order valence-electron chi connectivity index (χ4n) is 1.50. The Morgan fingerprint density at radius 1 is 1.22 bits per heavy atom. The quantitative estimate of drug-likeness (QED) is 0.330. The van der Waals surface area contributed by atoms with Crippen LogP contribution in [0.5, 0.6) is 0 Å². The summed E-state index contributed by atoms with van der Waals surface area (Å²) in [6, 6.07) is 8.83. The molecule has 0 radical (unpaired) electrons. The van der Waals surface area contributed by atoms with Gasteiger partial charge in [0.1, 0.15) is 0 Å². The molecular formula is C16H16O2. The third-order valence-corrected chi connectivity index (χ3v) is 2.46.